The van der Waals surface area contributed by atoms with E-state index >= 15 is 0 Å². The van der Waals surface area contributed by atoms with E-state index < -0.39 is 7.26 Å². The lowest BCUT2D eigenvalue weighted by Gasteiger charge is -2.27. The number of thiophene rings is 1. The molecule has 1 rings (SSSR count). The highest BCUT2D eigenvalue weighted by Crippen LogP contribution is 2.63. The molecular weight excluding hydrogens is 338 g/mol. The van der Waals surface area contributed by atoms with Gasteiger partial charge in [-0.05, 0) is 31.4 Å². The molecule has 0 aliphatic heterocycles. The second-order valence-corrected chi connectivity index (χ2v) is 12.1. The molecule has 0 saturated carbocycles. The molecular formula is C17H31Cl2PS. The predicted molar refractivity (Wildman–Crippen MR) is 99.3 cm³/mol. The quantitative estimate of drug-likeness (QED) is 0.510. The Kier molecular flexibility index (Phi) is 12.6. The maximum absolute atomic E-state index is 6.13. The Morgan fingerprint density at radius 2 is 1.38 bits per heavy atom. The van der Waals surface area contributed by atoms with E-state index in [-0.39, 0.29) is 12.4 Å². The summed E-state index contributed by atoms with van der Waals surface area (Å²) in [5.74, 6) is 0. The summed E-state index contributed by atoms with van der Waals surface area (Å²) in [7, 11) is -0.803. The highest BCUT2D eigenvalue weighted by atomic mass is 35.5. The number of rotatable bonds is 11. The van der Waals surface area contributed by atoms with Crippen LogP contribution in [-0.2, 0) is 6.16 Å². The first-order chi connectivity index (χ1) is 9.65. The van der Waals surface area contributed by atoms with Crippen molar-refractivity contribution >= 4 is 30.2 Å². The smallest absolute Gasteiger partial charge is 0.0935 e. The lowest BCUT2D eigenvalue weighted by molar-refractivity contribution is -0.00000433. The van der Waals surface area contributed by atoms with E-state index in [0.717, 1.165) is 4.34 Å². The van der Waals surface area contributed by atoms with Gasteiger partial charge in [0.05, 0.1) is 29.0 Å². The fraction of sp³-hybridized carbons (Fsp3) is 0.765. The molecule has 124 valence electrons. The van der Waals surface area contributed by atoms with E-state index in [0.29, 0.717) is 0 Å². The SMILES string of the molecule is CCCC[P+](CCCC)(CCCC)Cc1ccc(Cl)s1.[Cl-]. The molecule has 0 N–H and O–H groups in total. The summed E-state index contributed by atoms with van der Waals surface area (Å²) in [4.78, 5) is 1.53. The average Bonchev–Trinajstić information content (AvgIpc) is 2.85. The Morgan fingerprint density at radius 3 is 1.71 bits per heavy atom. The van der Waals surface area contributed by atoms with Crippen molar-refractivity contribution in [2.24, 2.45) is 0 Å². The minimum Gasteiger partial charge on any atom is -1.00 e. The Labute approximate surface area is 147 Å². The summed E-state index contributed by atoms with van der Waals surface area (Å²) in [6.07, 6.45) is 14.1. The van der Waals surface area contributed by atoms with E-state index in [1.54, 1.807) is 0 Å². The van der Waals surface area contributed by atoms with Crippen molar-refractivity contribution in [2.75, 3.05) is 18.5 Å². The van der Waals surface area contributed by atoms with Crippen LogP contribution < -0.4 is 12.4 Å². The zero-order valence-electron chi connectivity index (χ0n) is 13.8. The molecule has 0 aromatic carbocycles. The first-order valence-electron chi connectivity index (χ1n) is 8.25. The molecule has 4 heteroatoms. The minimum absolute atomic E-state index is 0. The number of hydrogen-bond acceptors (Lipinski definition) is 1. The molecule has 0 nitrogen and oxygen atoms in total. The van der Waals surface area contributed by atoms with Gasteiger partial charge in [0.2, 0.25) is 0 Å². The van der Waals surface area contributed by atoms with E-state index in [4.69, 9.17) is 11.6 Å². The van der Waals surface area contributed by atoms with Crippen molar-refractivity contribution in [2.45, 2.75) is 65.5 Å². The highest BCUT2D eigenvalue weighted by molar-refractivity contribution is 7.75. The summed E-state index contributed by atoms with van der Waals surface area (Å²) in [6.45, 7) is 6.99. The highest BCUT2D eigenvalue weighted by Gasteiger charge is 2.36. The minimum atomic E-state index is -0.803. The van der Waals surface area contributed by atoms with Gasteiger partial charge in [0.1, 0.15) is 0 Å². The van der Waals surface area contributed by atoms with Gasteiger partial charge in [0.25, 0.3) is 0 Å². The Balaban J connectivity index is 0.00000400. The van der Waals surface area contributed by atoms with Crippen molar-refractivity contribution in [1.82, 2.24) is 0 Å². The van der Waals surface area contributed by atoms with Crippen LogP contribution in [-0.4, -0.2) is 18.5 Å². The van der Waals surface area contributed by atoms with Gasteiger partial charge in [0.15, 0.2) is 0 Å². The molecule has 0 unspecified atom stereocenters. The molecule has 0 saturated heterocycles. The second-order valence-electron chi connectivity index (χ2n) is 5.94. The fourth-order valence-corrected chi connectivity index (χ4v) is 9.66. The molecule has 1 heterocycles. The standard InChI is InChI=1S/C17H31ClPS.ClH/c1-4-7-12-19(13-8-5-2,14-9-6-3)15-16-10-11-17(18)20-16;/h10-11H,4-9,12-15H2,1-3H3;1H/q+1;/p-1. The molecule has 0 aliphatic rings. The number of unbranched alkanes of at least 4 members (excludes halogenated alkanes) is 3. The van der Waals surface area contributed by atoms with Crippen LogP contribution in [0.2, 0.25) is 4.34 Å². The molecule has 0 atom stereocenters. The lowest BCUT2D eigenvalue weighted by Crippen LogP contribution is -3.00. The Morgan fingerprint density at radius 1 is 0.905 bits per heavy atom. The van der Waals surface area contributed by atoms with Gasteiger partial charge >= 0.3 is 0 Å². The zero-order valence-corrected chi connectivity index (χ0v) is 17.1. The van der Waals surface area contributed by atoms with E-state index in [1.807, 2.05) is 11.3 Å². The second kappa shape index (κ2) is 12.2. The van der Waals surface area contributed by atoms with Crippen LogP contribution in [0.1, 0.15) is 64.2 Å². The van der Waals surface area contributed by atoms with Crippen LogP contribution in [0, 0.1) is 0 Å². The maximum Gasteiger partial charge on any atom is 0.0935 e. The zero-order chi connectivity index (χ0) is 14.8. The van der Waals surface area contributed by atoms with Gasteiger partial charge in [-0.1, -0.05) is 51.6 Å². The molecule has 0 amide bonds. The van der Waals surface area contributed by atoms with Gasteiger partial charge < -0.3 is 12.4 Å². The Hall–Kier alpha value is 0.710. The van der Waals surface area contributed by atoms with E-state index in [9.17, 15) is 0 Å². The maximum atomic E-state index is 6.13. The van der Waals surface area contributed by atoms with Crippen LogP contribution in [0.3, 0.4) is 0 Å². The Bertz CT molecular complexity index is 344. The normalized spacial score (nSPS) is 11.4. The van der Waals surface area contributed by atoms with Crippen LogP contribution in [0.4, 0.5) is 0 Å². The van der Waals surface area contributed by atoms with Gasteiger partial charge in [-0.25, -0.2) is 0 Å². The predicted octanol–water partition coefficient (Wildman–Crippen LogP) is 4.32. The average molecular weight is 369 g/mol. The molecule has 0 radical (unpaired) electrons. The fourth-order valence-electron chi connectivity index (χ4n) is 2.82. The van der Waals surface area contributed by atoms with Crippen molar-refractivity contribution in [3.8, 4) is 0 Å². The summed E-state index contributed by atoms with van der Waals surface area (Å²) in [6, 6.07) is 4.35. The summed E-state index contributed by atoms with van der Waals surface area (Å²) < 4.78 is 0.958. The third kappa shape index (κ3) is 8.21. The summed E-state index contributed by atoms with van der Waals surface area (Å²) >= 11 is 7.94. The summed E-state index contributed by atoms with van der Waals surface area (Å²) in [5, 5.41) is 0. The van der Waals surface area contributed by atoms with Gasteiger partial charge in [-0.15, -0.1) is 11.3 Å². The largest absolute Gasteiger partial charge is 1.00 e. The van der Waals surface area contributed by atoms with Crippen LogP contribution in [0.15, 0.2) is 12.1 Å². The number of halogens is 2. The van der Waals surface area contributed by atoms with E-state index in [1.165, 1.54) is 68.0 Å². The van der Waals surface area contributed by atoms with Crippen molar-refractivity contribution in [3.63, 3.8) is 0 Å². The van der Waals surface area contributed by atoms with Gasteiger partial charge in [-0.3, -0.25) is 0 Å². The third-order valence-electron chi connectivity index (χ3n) is 4.08. The monoisotopic (exact) mass is 368 g/mol. The molecule has 0 aliphatic carbocycles. The molecule has 0 bridgehead atoms. The van der Waals surface area contributed by atoms with E-state index in [2.05, 4.69) is 32.9 Å². The number of hydrogen-bond donors (Lipinski definition) is 0. The first kappa shape index (κ1) is 21.7. The van der Waals surface area contributed by atoms with Crippen LogP contribution in [0.5, 0.6) is 0 Å². The molecule has 1 aromatic heterocycles. The molecule has 21 heavy (non-hydrogen) atoms. The first-order valence-corrected chi connectivity index (χ1v) is 12.0. The molecule has 1 aromatic rings. The lowest BCUT2D eigenvalue weighted by atomic mass is 10.4. The van der Waals surface area contributed by atoms with Crippen LogP contribution >= 0.6 is 30.2 Å². The van der Waals surface area contributed by atoms with Crippen molar-refractivity contribution in [3.05, 3.63) is 21.3 Å². The molecule has 0 fully saturated rings. The topological polar surface area (TPSA) is 0 Å². The van der Waals surface area contributed by atoms with Gasteiger partial charge in [-0.2, -0.15) is 0 Å². The van der Waals surface area contributed by atoms with Gasteiger partial charge in [0, 0.05) is 12.1 Å². The van der Waals surface area contributed by atoms with Crippen LogP contribution in [0.25, 0.3) is 0 Å². The summed E-state index contributed by atoms with van der Waals surface area (Å²) in [5.41, 5.74) is 0. The van der Waals surface area contributed by atoms with Crippen molar-refractivity contribution < 1.29 is 12.4 Å². The third-order valence-corrected chi connectivity index (χ3v) is 10.3. The van der Waals surface area contributed by atoms with Crippen molar-refractivity contribution in [1.29, 1.82) is 0 Å². The molecule has 0 spiro atoms.